The molecule has 232 valence electrons. The number of aryl methyl sites for hydroxylation is 1. The quantitative estimate of drug-likeness (QED) is 0.0747. The molecule has 1 atom stereocenters. The first-order valence-electron chi connectivity index (χ1n) is 17.9. The van der Waals surface area contributed by atoms with E-state index in [4.69, 9.17) is 0 Å². The summed E-state index contributed by atoms with van der Waals surface area (Å²) in [5.74, 6) is 2.02. The zero-order valence-electron chi connectivity index (χ0n) is 27.7. The fourth-order valence-electron chi connectivity index (χ4n) is 6.46. The summed E-state index contributed by atoms with van der Waals surface area (Å²) in [6.07, 6.45) is 28.2. The van der Waals surface area contributed by atoms with E-state index in [-0.39, 0.29) is 0 Å². The van der Waals surface area contributed by atoms with Crippen LogP contribution < -0.4 is 4.57 Å². The Kier molecular flexibility index (Phi) is 17.4. The van der Waals surface area contributed by atoms with Gasteiger partial charge in [-0.2, -0.15) is 0 Å². The Morgan fingerprint density at radius 1 is 0.595 bits per heavy atom. The first-order valence-corrected chi connectivity index (χ1v) is 17.9. The molecule has 0 saturated heterocycles. The normalized spacial score (nSPS) is 12.2. The third kappa shape index (κ3) is 12.9. The summed E-state index contributed by atoms with van der Waals surface area (Å²) in [6, 6.07) is 22.2. The number of hydrogen-bond donors (Lipinski definition) is 0. The van der Waals surface area contributed by atoms with E-state index in [0.717, 1.165) is 25.9 Å². The minimum Gasteiger partial charge on any atom is -0.234 e. The highest BCUT2D eigenvalue weighted by Gasteiger charge is 2.25. The molecule has 1 unspecified atom stereocenters. The van der Waals surface area contributed by atoms with Gasteiger partial charge in [0.05, 0.1) is 19.5 Å². The Morgan fingerprint density at radius 3 is 1.67 bits per heavy atom. The zero-order valence-corrected chi connectivity index (χ0v) is 27.7. The summed E-state index contributed by atoms with van der Waals surface area (Å²) in [4.78, 5) is 0. The maximum Gasteiger partial charge on any atom is 0.261 e. The van der Waals surface area contributed by atoms with Gasteiger partial charge in [-0.15, -0.1) is 0 Å². The maximum atomic E-state index is 2.71. The van der Waals surface area contributed by atoms with Crippen molar-refractivity contribution >= 4 is 0 Å². The van der Waals surface area contributed by atoms with Crippen LogP contribution in [0.1, 0.15) is 158 Å². The lowest BCUT2D eigenvalue weighted by molar-refractivity contribution is -0.710. The molecule has 0 aliphatic heterocycles. The fraction of sp³-hybridized carbons (Fsp3) is 0.625. The fourth-order valence-corrected chi connectivity index (χ4v) is 6.46. The van der Waals surface area contributed by atoms with Crippen molar-refractivity contribution in [1.29, 1.82) is 0 Å². The molecule has 0 saturated carbocycles. The Morgan fingerprint density at radius 2 is 1.10 bits per heavy atom. The molecule has 0 fully saturated rings. The van der Waals surface area contributed by atoms with E-state index in [9.17, 15) is 0 Å². The van der Waals surface area contributed by atoms with Gasteiger partial charge in [0.1, 0.15) is 11.9 Å². The molecule has 2 heteroatoms. The Hall–Kier alpha value is -2.35. The van der Waals surface area contributed by atoms with Crippen molar-refractivity contribution in [1.82, 2.24) is 4.57 Å². The van der Waals surface area contributed by atoms with Crippen LogP contribution in [0.25, 0.3) is 0 Å². The zero-order chi connectivity index (χ0) is 29.7. The number of benzene rings is 2. The Labute approximate surface area is 260 Å². The van der Waals surface area contributed by atoms with E-state index in [1.54, 1.807) is 0 Å². The monoisotopic (exact) mass is 571 g/mol. The molecule has 3 rings (SSSR count). The topological polar surface area (TPSA) is 8.81 Å². The van der Waals surface area contributed by atoms with Crippen molar-refractivity contribution in [2.45, 2.75) is 162 Å². The van der Waals surface area contributed by atoms with Crippen molar-refractivity contribution < 1.29 is 4.57 Å². The van der Waals surface area contributed by atoms with Crippen LogP contribution in [0.5, 0.6) is 0 Å². The van der Waals surface area contributed by atoms with Gasteiger partial charge in [0, 0.05) is 6.42 Å². The number of nitrogens with zero attached hydrogens (tertiary/aromatic N) is 2. The third-order valence-electron chi connectivity index (χ3n) is 9.12. The summed E-state index contributed by atoms with van der Waals surface area (Å²) in [5, 5.41) is 0. The second kappa shape index (κ2) is 21.4. The molecule has 0 amide bonds. The Bertz CT molecular complexity index is 1050. The van der Waals surface area contributed by atoms with Crippen LogP contribution in [0, 0.1) is 0 Å². The van der Waals surface area contributed by atoms with Crippen molar-refractivity contribution in [3.05, 3.63) is 89.5 Å². The number of hydrogen-bond acceptors (Lipinski definition) is 0. The largest absolute Gasteiger partial charge is 0.261 e. The molecule has 42 heavy (non-hydrogen) atoms. The molecular formula is C40H63N2+. The smallest absolute Gasteiger partial charge is 0.234 e. The van der Waals surface area contributed by atoms with E-state index >= 15 is 0 Å². The molecule has 0 N–H and O–H groups in total. The molecule has 2 nitrogen and oxygen atoms in total. The SMILES string of the molecule is CCCCCCCCCCCCCCCn1cc(CC(C)c2ccccc2)[n+](CCCCCC)c1Cc1ccccc1. The van der Waals surface area contributed by atoms with Gasteiger partial charge >= 0.3 is 0 Å². The van der Waals surface area contributed by atoms with Crippen molar-refractivity contribution in [3.8, 4) is 0 Å². The molecule has 1 aromatic heterocycles. The molecule has 3 aromatic rings. The lowest BCUT2D eigenvalue weighted by Crippen LogP contribution is -2.41. The third-order valence-corrected chi connectivity index (χ3v) is 9.12. The highest BCUT2D eigenvalue weighted by atomic mass is 15.2. The highest BCUT2D eigenvalue weighted by molar-refractivity contribution is 5.21. The molecular weight excluding hydrogens is 508 g/mol. The summed E-state index contributed by atoms with van der Waals surface area (Å²) < 4.78 is 5.35. The molecule has 0 aliphatic carbocycles. The van der Waals surface area contributed by atoms with Crippen molar-refractivity contribution in [2.75, 3.05) is 0 Å². The summed E-state index contributed by atoms with van der Waals surface area (Å²) in [6.45, 7) is 9.31. The van der Waals surface area contributed by atoms with Gasteiger partial charge in [-0.1, -0.05) is 165 Å². The molecule has 0 spiro atoms. The lowest BCUT2D eigenvalue weighted by atomic mass is 9.96. The van der Waals surface area contributed by atoms with Crippen LogP contribution in [-0.2, 0) is 25.9 Å². The molecule has 1 heterocycles. The second-order valence-corrected chi connectivity index (χ2v) is 12.9. The predicted octanol–water partition coefficient (Wildman–Crippen LogP) is 11.4. The highest BCUT2D eigenvalue weighted by Crippen LogP contribution is 2.21. The summed E-state index contributed by atoms with van der Waals surface area (Å²) in [7, 11) is 0. The molecule has 0 bridgehead atoms. The van der Waals surface area contributed by atoms with Gasteiger partial charge < -0.3 is 0 Å². The number of unbranched alkanes of at least 4 members (excludes halogenated alkanes) is 15. The van der Waals surface area contributed by atoms with Gasteiger partial charge in [-0.25, -0.2) is 9.13 Å². The van der Waals surface area contributed by atoms with Gasteiger partial charge in [0.15, 0.2) is 0 Å². The standard InChI is InChI=1S/C40H63N2/c1-4-6-8-10-11-12-13-14-15-16-17-18-25-31-41-35-39(33-36(3)38-29-23-20-24-30-38)42(32-26-9-7-5-2)40(41)34-37-27-21-19-22-28-37/h19-24,27-30,35-36H,4-18,25-26,31-34H2,1-3H3/q+1. The van der Waals surface area contributed by atoms with Gasteiger partial charge in [-0.3, -0.25) is 0 Å². The predicted molar refractivity (Wildman–Crippen MR) is 182 cm³/mol. The summed E-state index contributed by atoms with van der Waals surface area (Å²) >= 11 is 0. The van der Waals surface area contributed by atoms with Crippen LogP contribution in [0.15, 0.2) is 66.9 Å². The van der Waals surface area contributed by atoms with E-state index < -0.39 is 0 Å². The lowest BCUT2D eigenvalue weighted by Gasteiger charge is -2.12. The van der Waals surface area contributed by atoms with Crippen LogP contribution in [0.4, 0.5) is 0 Å². The number of aromatic nitrogens is 2. The average Bonchev–Trinajstić information content (AvgIpc) is 3.33. The molecule has 2 aromatic carbocycles. The van der Waals surface area contributed by atoms with E-state index in [2.05, 4.69) is 96.8 Å². The van der Waals surface area contributed by atoms with Crippen molar-refractivity contribution in [3.63, 3.8) is 0 Å². The van der Waals surface area contributed by atoms with E-state index in [1.807, 2.05) is 0 Å². The van der Waals surface area contributed by atoms with Crippen LogP contribution in [0.3, 0.4) is 0 Å². The minimum atomic E-state index is 0.518. The summed E-state index contributed by atoms with van der Waals surface area (Å²) in [5.41, 5.74) is 4.39. The molecule has 0 aliphatic rings. The minimum absolute atomic E-state index is 0.518. The van der Waals surface area contributed by atoms with Gasteiger partial charge in [-0.05, 0) is 42.7 Å². The second-order valence-electron chi connectivity index (χ2n) is 12.9. The number of imidazole rings is 1. The molecule has 0 radical (unpaired) electrons. The maximum absolute atomic E-state index is 2.71. The Balaban J connectivity index is 1.59. The average molecular weight is 572 g/mol. The van der Waals surface area contributed by atoms with Gasteiger partial charge in [0.2, 0.25) is 0 Å². The number of rotatable bonds is 24. The van der Waals surface area contributed by atoms with E-state index in [0.29, 0.717) is 5.92 Å². The van der Waals surface area contributed by atoms with Crippen molar-refractivity contribution in [2.24, 2.45) is 0 Å². The van der Waals surface area contributed by atoms with Crippen LogP contribution in [-0.4, -0.2) is 4.57 Å². The van der Waals surface area contributed by atoms with Gasteiger partial charge in [0.25, 0.3) is 5.82 Å². The van der Waals surface area contributed by atoms with Crippen LogP contribution in [0.2, 0.25) is 0 Å². The first-order chi connectivity index (χ1) is 20.7. The van der Waals surface area contributed by atoms with E-state index in [1.165, 1.54) is 132 Å². The first kappa shape index (κ1) is 34.1. The van der Waals surface area contributed by atoms with Crippen LogP contribution >= 0.6 is 0 Å².